The summed E-state index contributed by atoms with van der Waals surface area (Å²) in [5.41, 5.74) is 7.03. The summed E-state index contributed by atoms with van der Waals surface area (Å²) in [7, 11) is -3.70. The van der Waals surface area contributed by atoms with E-state index in [9.17, 15) is 8.42 Å². The van der Waals surface area contributed by atoms with E-state index in [0.29, 0.717) is 11.7 Å². The maximum Gasteiger partial charge on any atom is 0.281 e. The van der Waals surface area contributed by atoms with Gasteiger partial charge in [0.2, 0.25) is 0 Å². The Morgan fingerprint density at radius 3 is 2.58 bits per heavy atom. The molecule has 0 radical (unpaired) electrons. The number of anilines is 1. The third-order valence-electron chi connectivity index (χ3n) is 2.56. The van der Waals surface area contributed by atoms with Crippen molar-refractivity contribution < 1.29 is 8.42 Å². The van der Waals surface area contributed by atoms with Crippen molar-refractivity contribution in [1.82, 2.24) is 9.97 Å². The van der Waals surface area contributed by atoms with Gasteiger partial charge < -0.3 is 5.73 Å². The Labute approximate surface area is 115 Å². The maximum absolute atomic E-state index is 12.1. The molecular weight excluding hydrogens is 284 g/mol. The molecule has 102 valence electrons. The first kappa shape index (κ1) is 13.9. The lowest BCUT2D eigenvalue weighted by Crippen LogP contribution is -2.14. The van der Waals surface area contributed by atoms with Crippen LogP contribution in [0.3, 0.4) is 0 Å². The lowest BCUT2D eigenvalue weighted by Gasteiger charge is -2.04. The van der Waals surface area contributed by atoms with E-state index in [1.807, 2.05) is 13.8 Å². The van der Waals surface area contributed by atoms with E-state index >= 15 is 0 Å². The highest BCUT2D eigenvalue weighted by molar-refractivity contribution is 7.92. The molecule has 0 aliphatic heterocycles. The second kappa shape index (κ2) is 5.24. The quantitative estimate of drug-likeness (QED) is 0.889. The van der Waals surface area contributed by atoms with Crippen molar-refractivity contribution >= 4 is 26.5 Å². The zero-order chi connectivity index (χ0) is 14.0. The smallest absolute Gasteiger partial charge is 0.281 e. The maximum atomic E-state index is 12.1. The van der Waals surface area contributed by atoms with Gasteiger partial charge >= 0.3 is 0 Å². The second-order valence-electron chi connectivity index (χ2n) is 3.97. The monoisotopic (exact) mass is 298 g/mol. The molecule has 2 aromatic rings. The van der Waals surface area contributed by atoms with Crippen LogP contribution in [0.5, 0.6) is 0 Å². The fourth-order valence-corrected chi connectivity index (χ4v) is 3.35. The van der Waals surface area contributed by atoms with Gasteiger partial charge in [0.15, 0.2) is 10.2 Å². The van der Waals surface area contributed by atoms with E-state index in [1.165, 1.54) is 23.6 Å². The molecular formula is C11H14N4O2S2. The molecule has 0 saturated heterocycles. The van der Waals surface area contributed by atoms with Crippen molar-refractivity contribution in [3.05, 3.63) is 34.5 Å². The summed E-state index contributed by atoms with van der Waals surface area (Å²) in [4.78, 5) is 9.00. The minimum Gasteiger partial charge on any atom is -0.326 e. The van der Waals surface area contributed by atoms with Crippen LogP contribution in [0.25, 0.3) is 0 Å². The molecule has 0 bridgehead atoms. The molecule has 0 aliphatic carbocycles. The van der Waals surface area contributed by atoms with E-state index < -0.39 is 10.0 Å². The molecule has 19 heavy (non-hydrogen) atoms. The number of thiazole rings is 1. The van der Waals surface area contributed by atoms with Crippen LogP contribution in [-0.2, 0) is 16.6 Å². The van der Waals surface area contributed by atoms with Gasteiger partial charge in [-0.25, -0.2) is 9.97 Å². The minimum absolute atomic E-state index is 0.0461. The lowest BCUT2D eigenvalue weighted by molar-refractivity contribution is 0.597. The Bertz CT molecular complexity index is 658. The topological polar surface area (TPSA) is 98.0 Å². The normalized spacial score (nSPS) is 11.5. The van der Waals surface area contributed by atoms with Crippen molar-refractivity contribution in [2.75, 3.05) is 4.72 Å². The van der Waals surface area contributed by atoms with Crippen molar-refractivity contribution in [3.63, 3.8) is 0 Å². The largest absolute Gasteiger partial charge is 0.326 e. The molecule has 0 saturated carbocycles. The number of hydrogen-bond donors (Lipinski definition) is 2. The molecule has 0 aliphatic rings. The Hall–Kier alpha value is -1.51. The predicted octanol–water partition coefficient (Wildman–Crippen LogP) is 1.41. The van der Waals surface area contributed by atoms with Crippen molar-refractivity contribution in [2.24, 2.45) is 5.73 Å². The van der Waals surface area contributed by atoms with Crippen LogP contribution in [-0.4, -0.2) is 18.4 Å². The molecule has 0 aromatic carbocycles. The van der Waals surface area contributed by atoms with Gasteiger partial charge in [0.1, 0.15) is 0 Å². The summed E-state index contributed by atoms with van der Waals surface area (Å²) >= 11 is 1.29. The number of nitrogens with zero attached hydrogens (tertiary/aromatic N) is 2. The number of aryl methyl sites for hydroxylation is 2. The van der Waals surface area contributed by atoms with Gasteiger partial charge in [-0.2, -0.15) is 8.42 Å². The Balaban J connectivity index is 2.26. The summed E-state index contributed by atoms with van der Waals surface area (Å²) in [6, 6.07) is 3.07. The third-order valence-corrected chi connectivity index (χ3v) is 4.93. The van der Waals surface area contributed by atoms with Gasteiger partial charge in [0.05, 0.1) is 5.69 Å². The van der Waals surface area contributed by atoms with Crippen molar-refractivity contribution in [1.29, 1.82) is 0 Å². The molecule has 8 heteroatoms. The standard InChI is InChI=1S/C11H14N4O2S2/c1-7-8(2)18-11(14-7)15-19(16,17)10-4-3-9(5-12)6-13-10/h3-4,6H,5,12H2,1-2H3,(H,14,15). The molecule has 0 amide bonds. The minimum atomic E-state index is -3.70. The first-order valence-corrected chi connectivity index (χ1v) is 7.84. The van der Waals surface area contributed by atoms with Crippen LogP contribution >= 0.6 is 11.3 Å². The van der Waals surface area contributed by atoms with Crippen LogP contribution in [0.2, 0.25) is 0 Å². The zero-order valence-electron chi connectivity index (χ0n) is 10.5. The Morgan fingerprint density at radius 1 is 1.37 bits per heavy atom. The number of sulfonamides is 1. The number of nitrogens with one attached hydrogen (secondary N) is 1. The van der Waals surface area contributed by atoms with Crippen molar-refractivity contribution in [3.8, 4) is 0 Å². The Kier molecular flexibility index (Phi) is 3.83. The highest BCUT2D eigenvalue weighted by Gasteiger charge is 2.18. The molecule has 2 rings (SSSR count). The average Bonchev–Trinajstić information content (AvgIpc) is 2.67. The molecule has 2 heterocycles. The SMILES string of the molecule is Cc1nc(NS(=O)(=O)c2ccc(CN)cn2)sc1C. The van der Waals surface area contributed by atoms with E-state index in [2.05, 4.69) is 14.7 Å². The first-order valence-electron chi connectivity index (χ1n) is 5.54. The van der Waals surface area contributed by atoms with Crippen molar-refractivity contribution in [2.45, 2.75) is 25.4 Å². The summed E-state index contributed by atoms with van der Waals surface area (Å²) in [6.07, 6.45) is 1.45. The van der Waals surface area contributed by atoms with E-state index in [1.54, 1.807) is 6.07 Å². The molecule has 2 aromatic heterocycles. The van der Waals surface area contributed by atoms with Gasteiger partial charge in [-0.05, 0) is 25.5 Å². The predicted molar refractivity (Wildman–Crippen MR) is 74.5 cm³/mol. The summed E-state index contributed by atoms with van der Waals surface area (Å²) in [6.45, 7) is 4.04. The molecule has 3 N–H and O–H groups in total. The van der Waals surface area contributed by atoms with E-state index in [4.69, 9.17) is 5.73 Å². The summed E-state index contributed by atoms with van der Waals surface area (Å²) in [5, 5.41) is 0.301. The van der Waals surface area contributed by atoms with Gasteiger partial charge in [0, 0.05) is 17.6 Å². The summed E-state index contributed by atoms with van der Waals surface area (Å²) < 4.78 is 26.6. The average molecular weight is 298 g/mol. The first-order chi connectivity index (χ1) is 8.92. The number of pyridine rings is 1. The highest BCUT2D eigenvalue weighted by atomic mass is 32.2. The van der Waals surface area contributed by atoms with Gasteiger partial charge in [-0.15, -0.1) is 11.3 Å². The van der Waals surface area contributed by atoms with Crippen LogP contribution in [0, 0.1) is 13.8 Å². The van der Waals surface area contributed by atoms with Gasteiger partial charge in [-0.1, -0.05) is 6.07 Å². The number of rotatable bonds is 4. The van der Waals surface area contributed by atoms with E-state index in [-0.39, 0.29) is 5.03 Å². The molecule has 0 unspecified atom stereocenters. The van der Waals surface area contributed by atoms with Crippen LogP contribution < -0.4 is 10.5 Å². The lowest BCUT2D eigenvalue weighted by atomic mass is 10.3. The zero-order valence-corrected chi connectivity index (χ0v) is 12.2. The highest BCUT2D eigenvalue weighted by Crippen LogP contribution is 2.23. The number of hydrogen-bond acceptors (Lipinski definition) is 6. The van der Waals surface area contributed by atoms with Gasteiger partial charge in [0.25, 0.3) is 10.0 Å². The fraction of sp³-hybridized carbons (Fsp3) is 0.273. The third kappa shape index (κ3) is 3.09. The number of aromatic nitrogens is 2. The fourth-order valence-electron chi connectivity index (χ4n) is 1.37. The molecule has 0 atom stereocenters. The van der Waals surface area contributed by atoms with Crippen LogP contribution in [0.15, 0.2) is 23.4 Å². The van der Waals surface area contributed by atoms with Crippen LogP contribution in [0.4, 0.5) is 5.13 Å². The molecule has 6 nitrogen and oxygen atoms in total. The second-order valence-corrected chi connectivity index (χ2v) is 6.81. The number of nitrogens with two attached hydrogens (primary N) is 1. The molecule has 0 fully saturated rings. The van der Waals surface area contributed by atoms with E-state index in [0.717, 1.165) is 16.1 Å². The van der Waals surface area contributed by atoms with Crippen LogP contribution in [0.1, 0.15) is 16.1 Å². The summed E-state index contributed by atoms with van der Waals surface area (Å²) in [5.74, 6) is 0. The molecule has 0 spiro atoms. The van der Waals surface area contributed by atoms with Gasteiger partial charge in [-0.3, -0.25) is 4.72 Å². The Morgan fingerprint density at radius 2 is 2.11 bits per heavy atom.